The Morgan fingerprint density at radius 1 is 1.43 bits per heavy atom. The smallest absolute Gasteiger partial charge is 0.325 e. The monoisotopic (exact) mass is 197 g/mol. The SMILES string of the molecule is O=C(CN1C=CCC=C1)OCCCO. The Morgan fingerprint density at radius 2 is 2.14 bits per heavy atom. The van der Waals surface area contributed by atoms with Crippen molar-refractivity contribution >= 4 is 5.97 Å². The molecular formula is C10H15NO3. The topological polar surface area (TPSA) is 49.8 Å². The van der Waals surface area contributed by atoms with Crippen molar-refractivity contribution in [3.8, 4) is 0 Å². The van der Waals surface area contributed by atoms with E-state index < -0.39 is 0 Å². The van der Waals surface area contributed by atoms with Crippen LogP contribution in [0.5, 0.6) is 0 Å². The molecule has 0 saturated carbocycles. The Balaban J connectivity index is 2.16. The molecule has 0 unspecified atom stereocenters. The summed E-state index contributed by atoms with van der Waals surface area (Å²) in [6, 6.07) is 0. The maximum absolute atomic E-state index is 11.2. The first-order chi connectivity index (χ1) is 6.83. The van der Waals surface area contributed by atoms with E-state index in [0.29, 0.717) is 6.42 Å². The lowest BCUT2D eigenvalue weighted by molar-refractivity contribution is -0.144. The summed E-state index contributed by atoms with van der Waals surface area (Å²) in [6.45, 7) is 0.575. The van der Waals surface area contributed by atoms with Crippen LogP contribution in [0.2, 0.25) is 0 Å². The summed E-state index contributed by atoms with van der Waals surface area (Å²) in [4.78, 5) is 12.9. The van der Waals surface area contributed by atoms with Crippen LogP contribution in [0, 0.1) is 0 Å². The predicted octanol–water partition coefficient (Wildman–Crippen LogP) is 0.645. The number of hydrogen-bond acceptors (Lipinski definition) is 4. The third-order valence-corrected chi connectivity index (χ3v) is 1.74. The molecule has 0 radical (unpaired) electrons. The van der Waals surface area contributed by atoms with Gasteiger partial charge in [-0.1, -0.05) is 12.2 Å². The van der Waals surface area contributed by atoms with Gasteiger partial charge in [-0.2, -0.15) is 0 Å². The molecule has 1 N–H and O–H groups in total. The maximum atomic E-state index is 11.2. The van der Waals surface area contributed by atoms with Crippen molar-refractivity contribution in [2.75, 3.05) is 19.8 Å². The van der Waals surface area contributed by atoms with Crippen LogP contribution < -0.4 is 0 Å². The molecule has 0 amide bonds. The van der Waals surface area contributed by atoms with Crippen molar-refractivity contribution in [1.82, 2.24) is 4.90 Å². The lowest BCUT2D eigenvalue weighted by atomic mass is 10.3. The highest BCUT2D eigenvalue weighted by atomic mass is 16.5. The molecule has 0 fully saturated rings. The van der Waals surface area contributed by atoms with Gasteiger partial charge in [0.1, 0.15) is 6.54 Å². The lowest BCUT2D eigenvalue weighted by Crippen LogP contribution is -2.23. The van der Waals surface area contributed by atoms with Crippen LogP contribution in [0.3, 0.4) is 0 Å². The van der Waals surface area contributed by atoms with E-state index >= 15 is 0 Å². The molecule has 0 saturated heterocycles. The number of aliphatic hydroxyl groups excluding tert-OH is 1. The van der Waals surface area contributed by atoms with E-state index in [1.54, 1.807) is 4.90 Å². The van der Waals surface area contributed by atoms with E-state index in [1.807, 2.05) is 24.6 Å². The van der Waals surface area contributed by atoms with Crippen molar-refractivity contribution < 1.29 is 14.6 Å². The molecule has 14 heavy (non-hydrogen) atoms. The Morgan fingerprint density at radius 3 is 2.79 bits per heavy atom. The first-order valence-electron chi connectivity index (χ1n) is 4.68. The van der Waals surface area contributed by atoms with Gasteiger partial charge in [0, 0.05) is 25.4 Å². The van der Waals surface area contributed by atoms with Crippen molar-refractivity contribution in [2.45, 2.75) is 12.8 Å². The molecule has 0 aromatic rings. The zero-order valence-corrected chi connectivity index (χ0v) is 8.06. The van der Waals surface area contributed by atoms with E-state index in [9.17, 15) is 4.79 Å². The minimum absolute atomic E-state index is 0.0524. The van der Waals surface area contributed by atoms with Crippen molar-refractivity contribution in [2.24, 2.45) is 0 Å². The molecule has 1 heterocycles. The summed E-state index contributed by atoms with van der Waals surface area (Å²) < 4.78 is 4.88. The van der Waals surface area contributed by atoms with Gasteiger partial charge in [-0.25, -0.2) is 0 Å². The highest BCUT2D eigenvalue weighted by Gasteiger charge is 2.06. The minimum Gasteiger partial charge on any atom is -0.464 e. The number of rotatable bonds is 5. The summed E-state index contributed by atoms with van der Waals surface area (Å²) in [6.07, 6.45) is 9.07. The van der Waals surface area contributed by atoms with E-state index in [4.69, 9.17) is 9.84 Å². The molecule has 0 atom stereocenters. The zero-order chi connectivity index (χ0) is 10.2. The van der Waals surface area contributed by atoms with Gasteiger partial charge in [0.15, 0.2) is 0 Å². The van der Waals surface area contributed by atoms with Crippen molar-refractivity contribution in [3.63, 3.8) is 0 Å². The average Bonchev–Trinajstić information content (AvgIpc) is 2.20. The number of allylic oxidation sites excluding steroid dienone is 2. The number of esters is 1. The second-order valence-electron chi connectivity index (χ2n) is 2.98. The van der Waals surface area contributed by atoms with E-state index in [-0.39, 0.29) is 25.7 Å². The fraction of sp³-hybridized carbons (Fsp3) is 0.500. The molecule has 1 rings (SSSR count). The number of nitrogens with zero attached hydrogens (tertiary/aromatic N) is 1. The van der Waals surface area contributed by atoms with Crippen LogP contribution >= 0.6 is 0 Å². The standard InChI is InChI=1S/C10H15NO3/c12-7-4-8-14-10(13)9-11-5-2-1-3-6-11/h2-3,5-6,12H,1,4,7-9H2. The van der Waals surface area contributed by atoms with Gasteiger partial charge < -0.3 is 14.7 Å². The second kappa shape index (κ2) is 6.21. The second-order valence-corrected chi connectivity index (χ2v) is 2.98. The van der Waals surface area contributed by atoms with Gasteiger partial charge in [-0.3, -0.25) is 4.79 Å². The molecule has 0 aromatic heterocycles. The van der Waals surface area contributed by atoms with Crippen LogP contribution in [-0.4, -0.2) is 35.7 Å². The van der Waals surface area contributed by atoms with Crippen LogP contribution in [0.4, 0.5) is 0 Å². The van der Waals surface area contributed by atoms with Crippen molar-refractivity contribution in [1.29, 1.82) is 0 Å². The first-order valence-corrected chi connectivity index (χ1v) is 4.68. The summed E-state index contributed by atoms with van der Waals surface area (Å²) in [5, 5.41) is 8.48. The fourth-order valence-electron chi connectivity index (χ4n) is 1.07. The van der Waals surface area contributed by atoms with Gasteiger partial charge in [-0.15, -0.1) is 0 Å². The Labute approximate surface area is 83.5 Å². The van der Waals surface area contributed by atoms with Gasteiger partial charge in [0.05, 0.1) is 6.61 Å². The summed E-state index contributed by atoms with van der Waals surface area (Å²) in [5.41, 5.74) is 0. The van der Waals surface area contributed by atoms with Crippen LogP contribution in [-0.2, 0) is 9.53 Å². The van der Waals surface area contributed by atoms with E-state index in [1.165, 1.54) is 0 Å². The highest BCUT2D eigenvalue weighted by molar-refractivity contribution is 5.72. The highest BCUT2D eigenvalue weighted by Crippen LogP contribution is 2.02. The van der Waals surface area contributed by atoms with Crippen LogP contribution in [0.1, 0.15) is 12.8 Å². The molecule has 78 valence electrons. The van der Waals surface area contributed by atoms with E-state index in [0.717, 1.165) is 6.42 Å². The van der Waals surface area contributed by atoms with Crippen LogP contribution in [0.25, 0.3) is 0 Å². The van der Waals surface area contributed by atoms with Gasteiger partial charge in [0.2, 0.25) is 0 Å². The molecular weight excluding hydrogens is 182 g/mol. The molecule has 1 aliphatic rings. The lowest BCUT2D eigenvalue weighted by Gasteiger charge is -2.16. The molecule has 1 aliphatic heterocycles. The molecule has 0 aromatic carbocycles. The Hall–Kier alpha value is -1.29. The summed E-state index contributed by atoms with van der Waals surface area (Å²) in [7, 11) is 0. The van der Waals surface area contributed by atoms with E-state index in [2.05, 4.69) is 0 Å². The molecule has 0 bridgehead atoms. The Kier molecular flexibility index (Phi) is 4.78. The fourth-order valence-corrected chi connectivity index (χ4v) is 1.07. The number of aliphatic hydroxyl groups is 1. The molecule has 4 heteroatoms. The third kappa shape index (κ3) is 4.09. The van der Waals surface area contributed by atoms with Crippen LogP contribution in [0.15, 0.2) is 24.6 Å². The number of hydrogen-bond donors (Lipinski definition) is 1. The van der Waals surface area contributed by atoms with Gasteiger partial charge >= 0.3 is 5.97 Å². The number of ether oxygens (including phenoxy) is 1. The third-order valence-electron chi connectivity index (χ3n) is 1.74. The first kappa shape index (κ1) is 10.8. The maximum Gasteiger partial charge on any atom is 0.325 e. The predicted molar refractivity (Wildman–Crippen MR) is 52.3 cm³/mol. The molecule has 0 spiro atoms. The van der Waals surface area contributed by atoms with Crippen molar-refractivity contribution in [3.05, 3.63) is 24.6 Å². The normalized spacial score (nSPS) is 14.5. The summed E-state index contributed by atoms with van der Waals surface area (Å²) >= 11 is 0. The summed E-state index contributed by atoms with van der Waals surface area (Å²) in [5.74, 6) is -0.269. The molecule has 4 nitrogen and oxygen atoms in total. The number of carbonyl (C=O) groups excluding carboxylic acids is 1. The molecule has 0 aliphatic carbocycles. The minimum atomic E-state index is -0.269. The Bertz CT molecular complexity index is 224. The quantitative estimate of drug-likeness (QED) is 0.519. The number of carbonyl (C=O) groups is 1. The van der Waals surface area contributed by atoms with Gasteiger partial charge in [-0.05, 0) is 6.42 Å². The average molecular weight is 197 g/mol. The zero-order valence-electron chi connectivity index (χ0n) is 8.06. The largest absolute Gasteiger partial charge is 0.464 e. The van der Waals surface area contributed by atoms with Gasteiger partial charge in [0.25, 0.3) is 0 Å².